The number of para-hydroxylation sites is 1. The lowest BCUT2D eigenvalue weighted by Crippen LogP contribution is -2.51. The molecule has 1 heterocycles. The molecular weight excluding hydrogens is 282 g/mol. The van der Waals surface area contributed by atoms with Gasteiger partial charge in [0.1, 0.15) is 6.04 Å². The number of H-pyrrole nitrogens is 1. The first-order valence-corrected chi connectivity index (χ1v) is 7.24. The molecule has 2 aromatic rings. The number of nitrogens with one attached hydrogen (secondary N) is 2. The van der Waals surface area contributed by atoms with Crippen LogP contribution in [-0.4, -0.2) is 34.1 Å². The molecule has 0 spiro atoms. The summed E-state index contributed by atoms with van der Waals surface area (Å²) in [5, 5.41) is 12.6. The van der Waals surface area contributed by atoms with Crippen molar-refractivity contribution in [3.8, 4) is 0 Å². The molecule has 6 heteroatoms. The zero-order valence-electron chi connectivity index (χ0n) is 12.7. The van der Waals surface area contributed by atoms with Gasteiger partial charge >= 0.3 is 5.97 Å². The fourth-order valence-electron chi connectivity index (χ4n) is 2.40. The lowest BCUT2D eigenvalue weighted by molar-refractivity contribution is -0.143. The topological polar surface area (TPSA) is 108 Å². The molecule has 0 bridgehead atoms. The SMILES string of the molecule is CC(C)[C@H](NC(=O)[C@H](N)Cc1c[nH]c2ccccc12)C(=O)O. The van der Waals surface area contributed by atoms with E-state index in [9.17, 15) is 9.59 Å². The molecule has 6 nitrogen and oxygen atoms in total. The third-order valence-electron chi connectivity index (χ3n) is 3.68. The first-order valence-electron chi connectivity index (χ1n) is 7.24. The first kappa shape index (κ1) is 16.0. The minimum Gasteiger partial charge on any atom is -0.480 e. The monoisotopic (exact) mass is 303 g/mol. The molecule has 118 valence electrons. The van der Waals surface area contributed by atoms with E-state index < -0.39 is 24.0 Å². The fraction of sp³-hybridized carbons (Fsp3) is 0.375. The smallest absolute Gasteiger partial charge is 0.326 e. The zero-order chi connectivity index (χ0) is 16.3. The minimum atomic E-state index is -1.05. The van der Waals surface area contributed by atoms with Crippen LogP contribution in [0.25, 0.3) is 10.9 Å². The summed E-state index contributed by atoms with van der Waals surface area (Å²) in [7, 11) is 0. The molecule has 0 unspecified atom stereocenters. The minimum absolute atomic E-state index is 0.207. The van der Waals surface area contributed by atoms with Crippen LogP contribution >= 0.6 is 0 Å². The van der Waals surface area contributed by atoms with E-state index in [1.54, 1.807) is 13.8 Å². The second kappa shape index (κ2) is 6.62. The lowest BCUT2D eigenvalue weighted by Gasteiger charge is -2.20. The number of carboxylic acids is 1. The standard InChI is InChI=1S/C16H21N3O3/c1-9(2)14(16(21)22)19-15(20)12(17)7-10-8-18-13-6-4-3-5-11(10)13/h3-6,8-9,12,14,18H,7,17H2,1-2H3,(H,19,20)(H,21,22)/t12-,14+/m1/s1. The summed E-state index contributed by atoms with van der Waals surface area (Å²) in [6.45, 7) is 3.48. The Hall–Kier alpha value is -2.34. The van der Waals surface area contributed by atoms with Crippen molar-refractivity contribution in [1.29, 1.82) is 0 Å². The number of aliphatic carboxylic acids is 1. The highest BCUT2D eigenvalue weighted by molar-refractivity contribution is 5.88. The van der Waals surface area contributed by atoms with E-state index in [-0.39, 0.29) is 5.92 Å². The average Bonchev–Trinajstić information content (AvgIpc) is 2.87. The second-order valence-corrected chi connectivity index (χ2v) is 5.74. The normalized spacial score (nSPS) is 14.0. The summed E-state index contributed by atoms with van der Waals surface area (Å²) in [5.41, 5.74) is 7.85. The van der Waals surface area contributed by atoms with Crippen LogP contribution in [0, 0.1) is 5.92 Å². The Morgan fingerprint density at radius 2 is 2.00 bits per heavy atom. The fourth-order valence-corrected chi connectivity index (χ4v) is 2.40. The summed E-state index contributed by atoms with van der Waals surface area (Å²) in [5.74, 6) is -1.71. The Bertz CT molecular complexity index is 678. The molecule has 22 heavy (non-hydrogen) atoms. The molecule has 2 atom stereocenters. The number of carbonyl (C=O) groups excluding carboxylic acids is 1. The summed E-state index contributed by atoms with van der Waals surface area (Å²) >= 11 is 0. The number of fused-ring (bicyclic) bond motifs is 1. The van der Waals surface area contributed by atoms with Crippen molar-refractivity contribution in [2.45, 2.75) is 32.4 Å². The number of rotatable bonds is 6. The van der Waals surface area contributed by atoms with Gasteiger partial charge in [0.05, 0.1) is 6.04 Å². The molecular formula is C16H21N3O3. The number of carboxylic acid groups (broad SMARTS) is 1. The molecule has 1 aromatic heterocycles. The number of hydrogen-bond acceptors (Lipinski definition) is 3. The number of nitrogens with two attached hydrogens (primary N) is 1. The summed E-state index contributed by atoms with van der Waals surface area (Å²) in [6, 6.07) is 6.03. The average molecular weight is 303 g/mol. The van der Waals surface area contributed by atoms with E-state index in [0.29, 0.717) is 6.42 Å². The van der Waals surface area contributed by atoms with Gasteiger partial charge in [-0.2, -0.15) is 0 Å². The van der Waals surface area contributed by atoms with Gasteiger partial charge in [0.15, 0.2) is 0 Å². The van der Waals surface area contributed by atoms with Gasteiger partial charge in [0, 0.05) is 17.1 Å². The molecule has 0 aliphatic rings. The Balaban J connectivity index is 2.06. The number of amides is 1. The van der Waals surface area contributed by atoms with E-state index in [4.69, 9.17) is 10.8 Å². The van der Waals surface area contributed by atoms with Crippen LogP contribution in [0.15, 0.2) is 30.5 Å². The van der Waals surface area contributed by atoms with E-state index in [1.807, 2.05) is 30.5 Å². The van der Waals surface area contributed by atoms with Gasteiger partial charge in [-0.1, -0.05) is 32.0 Å². The Kier molecular flexibility index (Phi) is 4.82. The maximum absolute atomic E-state index is 12.1. The van der Waals surface area contributed by atoms with Crippen molar-refractivity contribution in [3.05, 3.63) is 36.0 Å². The van der Waals surface area contributed by atoms with Crippen LogP contribution in [0.2, 0.25) is 0 Å². The van der Waals surface area contributed by atoms with Gasteiger partial charge in [0.2, 0.25) is 5.91 Å². The van der Waals surface area contributed by atoms with Crippen molar-refractivity contribution in [2.24, 2.45) is 11.7 Å². The highest BCUT2D eigenvalue weighted by atomic mass is 16.4. The zero-order valence-corrected chi connectivity index (χ0v) is 12.7. The van der Waals surface area contributed by atoms with Gasteiger partial charge < -0.3 is 21.1 Å². The van der Waals surface area contributed by atoms with E-state index >= 15 is 0 Å². The molecule has 1 aromatic carbocycles. The summed E-state index contributed by atoms with van der Waals surface area (Å²) in [4.78, 5) is 26.4. The highest BCUT2D eigenvalue weighted by Crippen LogP contribution is 2.18. The van der Waals surface area contributed by atoms with Crippen LogP contribution in [0.3, 0.4) is 0 Å². The van der Waals surface area contributed by atoms with Crippen molar-refractivity contribution in [2.75, 3.05) is 0 Å². The Morgan fingerprint density at radius 1 is 1.32 bits per heavy atom. The molecule has 0 radical (unpaired) electrons. The maximum Gasteiger partial charge on any atom is 0.326 e. The third-order valence-corrected chi connectivity index (χ3v) is 3.68. The molecule has 1 amide bonds. The van der Waals surface area contributed by atoms with Crippen LogP contribution in [0.5, 0.6) is 0 Å². The van der Waals surface area contributed by atoms with Crippen LogP contribution < -0.4 is 11.1 Å². The van der Waals surface area contributed by atoms with Gasteiger partial charge in [-0.05, 0) is 24.0 Å². The van der Waals surface area contributed by atoms with Crippen LogP contribution in [0.4, 0.5) is 0 Å². The van der Waals surface area contributed by atoms with Crippen LogP contribution in [-0.2, 0) is 16.0 Å². The number of benzene rings is 1. The summed E-state index contributed by atoms with van der Waals surface area (Å²) < 4.78 is 0. The maximum atomic E-state index is 12.1. The van der Waals surface area contributed by atoms with E-state index in [2.05, 4.69) is 10.3 Å². The molecule has 0 aliphatic carbocycles. The Morgan fingerprint density at radius 3 is 2.64 bits per heavy atom. The molecule has 0 saturated carbocycles. The van der Waals surface area contributed by atoms with Crippen LogP contribution in [0.1, 0.15) is 19.4 Å². The lowest BCUT2D eigenvalue weighted by atomic mass is 10.0. The molecule has 5 N–H and O–H groups in total. The number of aromatic nitrogens is 1. The van der Waals surface area contributed by atoms with E-state index in [1.165, 1.54) is 0 Å². The third kappa shape index (κ3) is 3.46. The van der Waals surface area contributed by atoms with Crippen molar-refractivity contribution in [3.63, 3.8) is 0 Å². The quantitative estimate of drug-likeness (QED) is 0.644. The predicted molar refractivity (Wildman–Crippen MR) is 84.4 cm³/mol. The summed E-state index contributed by atoms with van der Waals surface area (Å²) in [6.07, 6.45) is 2.18. The molecule has 0 fully saturated rings. The van der Waals surface area contributed by atoms with E-state index in [0.717, 1.165) is 16.5 Å². The number of hydrogen-bond donors (Lipinski definition) is 4. The molecule has 2 rings (SSSR count). The van der Waals surface area contributed by atoms with Crippen molar-refractivity contribution < 1.29 is 14.7 Å². The Labute approximate surface area is 128 Å². The predicted octanol–water partition coefficient (Wildman–Crippen LogP) is 1.26. The number of carbonyl (C=O) groups is 2. The second-order valence-electron chi connectivity index (χ2n) is 5.74. The first-order chi connectivity index (χ1) is 10.4. The van der Waals surface area contributed by atoms with Gasteiger partial charge in [-0.3, -0.25) is 4.79 Å². The van der Waals surface area contributed by atoms with Crippen molar-refractivity contribution in [1.82, 2.24) is 10.3 Å². The van der Waals surface area contributed by atoms with Gasteiger partial charge in [0.25, 0.3) is 0 Å². The van der Waals surface area contributed by atoms with Crippen molar-refractivity contribution >= 4 is 22.8 Å². The largest absolute Gasteiger partial charge is 0.480 e. The highest BCUT2D eigenvalue weighted by Gasteiger charge is 2.26. The van der Waals surface area contributed by atoms with Gasteiger partial charge in [-0.25, -0.2) is 4.79 Å². The molecule has 0 aliphatic heterocycles. The molecule has 0 saturated heterocycles. The van der Waals surface area contributed by atoms with Gasteiger partial charge in [-0.15, -0.1) is 0 Å². The number of aromatic amines is 1.